The molecule has 3 aromatic carbocycles. The molecule has 3 rings (SSSR count). The Balaban J connectivity index is 2.26. The molecule has 0 radical (unpaired) electrons. The zero-order valence-corrected chi connectivity index (χ0v) is 14.9. The predicted molar refractivity (Wildman–Crippen MR) is 106 cm³/mol. The average molecular weight is 345 g/mol. The van der Waals surface area contributed by atoms with Crippen LogP contribution >= 0.6 is 0 Å². The van der Waals surface area contributed by atoms with E-state index in [0.29, 0.717) is 5.69 Å². The monoisotopic (exact) mass is 345 g/mol. The van der Waals surface area contributed by atoms with Crippen molar-refractivity contribution in [3.63, 3.8) is 0 Å². The lowest BCUT2D eigenvalue weighted by Gasteiger charge is -2.36. The van der Waals surface area contributed by atoms with E-state index in [1.807, 2.05) is 30.3 Å². The maximum Gasteiger partial charge on any atom is 0.115 e. The SMILES string of the molecule is CCCCC(c1ccccc1)(c1ccc(O)cc1)c1ccc(N=O)cc1. The van der Waals surface area contributed by atoms with Crippen LogP contribution in [-0.2, 0) is 5.41 Å². The first kappa shape index (κ1) is 17.9. The van der Waals surface area contributed by atoms with Gasteiger partial charge in [-0.05, 0) is 52.6 Å². The number of aromatic hydroxyl groups is 1. The minimum atomic E-state index is -0.341. The molecule has 0 fully saturated rings. The van der Waals surface area contributed by atoms with Gasteiger partial charge >= 0.3 is 0 Å². The van der Waals surface area contributed by atoms with Crippen molar-refractivity contribution >= 4 is 5.69 Å². The van der Waals surface area contributed by atoms with Crippen molar-refractivity contribution in [3.8, 4) is 5.75 Å². The molecule has 3 aromatic rings. The summed E-state index contributed by atoms with van der Waals surface area (Å²) in [5, 5.41) is 12.8. The lowest BCUT2D eigenvalue weighted by molar-refractivity contribution is 0.473. The Hall–Kier alpha value is -2.94. The zero-order valence-electron chi connectivity index (χ0n) is 14.9. The van der Waals surface area contributed by atoms with Crippen molar-refractivity contribution in [2.45, 2.75) is 31.6 Å². The molecule has 0 saturated carbocycles. The minimum absolute atomic E-state index is 0.256. The molecule has 3 nitrogen and oxygen atoms in total. The quantitative estimate of drug-likeness (QED) is 0.402. The Morgan fingerprint density at radius 1 is 0.808 bits per heavy atom. The number of hydrogen-bond acceptors (Lipinski definition) is 3. The molecule has 0 aliphatic carbocycles. The minimum Gasteiger partial charge on any atom is -0.508 e. The summed E-state index contributed by atoms with van der Waals surface area (Å²) in [4.78, 5) is 10.8. The Kier molecular flexibility index (Phi) is 5.47. The van der Waals surface area contributed by atoms with Crippen LogP contribution in [0, 0.1) is 4.91 Å². The van der Waals surface area contributed by atoms with E-state index < -0.39 is 0 Å². The number of benzene rings is 3. The second-order valence-electron chi connectivity index (χ2n) is 6.56. The average Bonchev–Trinajstić information content (AvgIpc) is 2.71. The van der Waals surface area contributed by atoms with Gasteiger partial charge in [0.1, 0.15) is 11.4 Å². The molecule has 1 atom stereocenters. The molecule has 3 heteroatoms. The summed E-state index contributed by atoms with van der Waals surface area (Å²) in [6.07, 6.45) is 3.08. The van der Waals surface area contributed by atoms with Gasteiger partial charge in [0.2, 0.25) is 0 Å². The van der Waals surface area contributed by atoms with E-state index in [1.165, 1.54) is 5.56 Å². The predicted octanol–water partition coefficient (Wildman–Crippen LogP) is 6.31. The molecule has 0 aliphatic heterocycles. The molecule has 0 aromatic heterocycles. The van der Waals surface area contributed by atoms with Gasteiger partial charge in [0.15, 0.2) is 0 Å². The number of phenolic OH excluding ortho intramolecular Hbond substituents is 1. The smallest absolute Gasteiger partial charge is 0.115 e. The summed E-state index contributed by atoms with van der Waals surface area (Å²) in [7, 11) is 0. The highest BCUT2D eigenvalue weighted by Crippen LogP contribution is 2.44. The Labute approximate surface area is 154 Å². The number of nitrogens with zero attached hydrogens (tertiary/aromatic N) is 1. The van der Waals surface area contributed by atoms with Crippen molar-refractivity contribution in [3.05, 3.63) is 100 Å². The Bertz CT molecular complexity index is 842. The van der Waals surface area contributed by atoms with Crippen molar-refractivity contribution in [2.75, 3.05) is 0 Å². The summed E-state index contributed by atoms with van der Waals surface area (Å²) in [5.74, 6) is 0.256. The topological polar surface area (TPSA) is 49.7 Å². The van der Waals surface area contributed by atoms with Crippen molar-refractivity contribution in [2.24, 2.45) is 5.18 Å². The Morgan fingerprint density at radius 3 is 1.88 bits per heavy atom. The first-order valence-electron chi connectivity index (χ1n) is 8.99. The van der Waals surface area contributed by atoms with Crippen LogP contribution in [0.3, 0.4) is 0 Å². The van der Waals surface area contributed by atoms with E-state index in [-0.39, 0.29) is 11.2 Å². The van der Waals surface area contributed by atoms with Crippen LogP contribution in [0.25, 0.3) is 0 Å². The fraction of sp³-hybridized carbons (Fsp3) is 0.217. The van der Waals surface area contributed by atoms with Crippen molar-refractivity contribution < 1.29 is 5.11 Å². The number of unbranched alkanes of at least 4 members (excludes halogenated alkanes) is 1. The van der Waals surface area contributed by atoms with Crippen LogP contribution in [0.1, 0.15) is 42.9 Å². The molecule has 0 saturated heterocycles. The third-order valence-electron chi connectivity index (χ3n) is 5.00. The van der Waals surface area contributed by atoms with Gasteiger partial charge < -0.3 is 5.11 Å². The van der Waals surface area contributed by atoms with Gasteiger partial charge in [-0.15, -0.1) is 4.91 Å². The molecular formula is C23H23NO2. The van der Waals surface area contributed by atoms with Crippen LogP contribution in [-0.4, -0.2) is 5.11 Å². The lowest BCUT2D eigenvalue weighted by Crippen LogP contribution is -2.29. The van der Waals surface area contributed by atoms with E-state index in [4.69, 9.17) is 0 Å². The van der Waals surface area contributed by atoms with Crippen LogP contribution in [0.5, 0.6) is 5.75 Å². The van der Waals surface area contributed by atoms with Gasteiger partial charge in [0, 0.05) is 5.41 Å². The number of nitroso groups, excluding NO2 is 1. The molecule has 132 valence electrons. The van der Waals surface area contributed by atoms with Gasteiger partial charge in [-0.3, -0.25) is 0 Å². The highest BCUT2D eigenvalue weighted by atomic mass is 16.3. The molecule has 1 unspecified atom stereocenters. The molecule has 0 spiro atoms. The first-order chi connectivity index (χ1) is 12.7. The maximum absolute atomic E-state index is 10.8. The standard InChI is InChI=1S/C23H23NO2/c1-2-3-17-23(18-7-5-4-6-8-18,20-11-15-22(25)16-12-20)19-9-13-21(24-26)14-10-19/h4-16,25H,2-3,17H2,1H3. The van der Waals surface area contributed by atoms with Crippen LogP contribution in [0.15, 0.2) is 84.0 Å². The number of phenols is 1. The fourth-order valence-corrected chi connectivity index (χ4v) is 3.65. The van der Waals surface area contributed by atoms with Crippen LogP contribution in [0.4, 0.5) is 5.69 Å². The fourth-order valence-electron chi connectivity index (χ4n) is 3.65. The third kappa shape index (κ3) is 3.38. The van der Waals surface area contributed by atoms with Crippen LogP contribution in [0.2, 0.25) is 0 Å². The maximum atomic E-state index is 10.8. The summed E-state index contributed by atoms with van der Waals surface area (Å²) in [6, 6.07) is 25.4. The highest BCUT2D eigenvalue weighted by molar-refractivity contribution is 5.53. The number of hydrogen-bond donors (Lipinski definition) is 1. The van der Waals surface area contributed by atoms with Gasteiger partial charge in [0.05, 0.1) is 0 Å². The molecular weight excluding hydrogens is 322 g/mol. The summed E-state index contributed by atoms with van der Waals surface area (Å²) >= 11 is 0. The lowest BCUT2D eigenvalue weighted by atomic mass is 9.66. The number of rotatable bonds is 7. The van der Waals surface area contributed by atoms with Crippen LogP contribution < -0.4 is 0 Å². The van der Waals surface area contributed by atoms with Gasteiger partial charge in [0.25, 0.3) is 0 Å². The normalized spacial score (nSPS) is 13.1. The van der Waals surface area contributed by atoms with Crippen molar-refractivity contribution in [1.82, 2.24) is 0 Å². The molecule has 0 amide bonds. The largest absolute Gasteiger partial charge is 0.508 e. The van der Waals surface area contributed by atoms with Crippen molar-refractivity contribution in [1.29, 1.82) is 0 Å². The molecule has 0 heterocycles. The summed E-state index contributed by atoms with van der Waals surface area (Å²) < 4.78 is 0. The summed E-state index contributed by atoms with van der Waals surface area (Å²) in [5.41, 5.74) is 3.53. The first-order valence-corrected chi connectivity index (χ1v) is 8.99. The molecule has 26 heavy (non-hydrogen) atoms. The Morgan fingerprint density at radius 2 is 1.35 bits per heavy atom. The van der Waals surface area contributed by atoms with Gasteiger partial charge in [-0.1, -0.05) is 74.4 Å². The van der Waals surface area contributed by atoms with Gasteiger partial charge in [-0.2, -0.15) is 0 Å². The van der Waals surface area contributed by atoms with E-state index in [2.05, 4.69) is 36.4 Å². The van der Waals surface area contributed by atoms with Gasteiger partial charge in [-0.25, -0.2) is 0 Å². The second-order valence-corrected chi connectivity index (χ2v) is 6.56. The molecule has 0 aliphatic rings. The van der Waals surface area contributed by atoms with E-state index in [9.17, 15) is 10.0 Å². The molecule has 0 bridgehead atoms. The second kappa shape index (κ2) is 7.96. The van der Waals surface area contributed by atoms with E-state index in [1.54, 1.807) is 24.3 Å². The van der Waals surface area contributed by atoms with E-state index in [0.717, 1.165) is 30.4 Å². The highest BCUT2D eigenvalue weighted by Gasteiger charge is 2.35. The molecule has 1 N–H and O–H groups in total. The summed E-state index contributed by atoms with van der Waals surface area (Å²) in [6.45, 7) is 2.19. The van der Waals surface area contributed by atoms with E-state index >= 15 is 0 Å². The third-order valence-corrected chi connectivity index (χ3v) is 5.00. The zero-order chi connectivity index (χ0) is 18.4.